The van der Waals surface area contributed by atoms with Crippen molar-refractivity contribution in [3.05, 3.63) is 16.1 Å². The van der Waals surface area contributed by atoms with Crippen molar-refractivity contribution >= 4 is 23.3 Å². The van der Waals surface area contributed by atoms with Crippen LogP contribution < -0.4 is 5.73 Å². The van der Waals surface area contributed by atoms with Crippen molar-refractivity contribution in [3.8, 4) is 0 Å². The van der Waals surface area contributed by atoms with E-state index in [1.165, 1.54) is 0 Å². The third-order valence-corrected chi connectivity index (χ3v) is 8.50. The number of hydrogen-bond acceptors (Lipinski definition) is 5. The monoisotopic (exact) mass is 389 g/mol. The van der Waals surface area contributed by atoms with Gasteiger partial charge in [0.2, 0.25) is 5.91 Å². The van der Waals surface area contributed by atoms with Gasteiger partial charge in [-0.25, -0.2) is 9.78 Å². The van der Waals surface area contributed by atoms with Gasteiger partial charge in [-0.15, -0.1) is 11.3 Å². The standard InChI is InChI=1S/C20H27N3O3S/c1-11-10-27-17(22-11)13-2-3-23(9-13)19(25)26-16-14-4-12-5-15(16)8-20(6-12,7-14)18(21)24/h10,12-16H,2-9H2,1H3,(H2,21,24)/t12?,13?,14-,15?,16?,20?/m0/s1. The van der Waals surface area contributed by atoms with Crippen LogP contribution in [0, 0.1) is 30.1 Å². The molecule has 27 heavy (non-hydrogen) atoms. The molecule has 6 nitrogen and oxygen atoms in total. The summed E-state index contributed by atoms with van der Waals surface area (Å²) in [5, 5.41) is 3.19. The number of rotatable bonds is 3. The first-order valence-corrected chi connectivity index (χ1v) is 11.0. The van der Waals surface area contributed by atoms with Crippen molar-refractivity contribution in [2.24, 2.45) is 28.9 Å². The van der Waals surface area contributed by atoms with Crippen LogP contribution in [0.5, 0.6) is 0 Å². The van der Waals surface area contributed by atoms with Crippen molar-refractivity contribution in [2.45, 2.75) is 57.5 Å². The van der Waals surface area contributed by atoms with Crippen LogP contribution in [0.25, 0.3) is 0 Å². The summed E-state index contributed by atoms with van der Waals surface area (Å²) in [6, 6.07) is 0. The highest BCUT2D eigenvalue weighted by Gasteiger charge is 2.59. The van der Waals surface area contributed by atoms with Crippen LogP contribution in [-0.4, -0.2) is 41.1 Å². The zero-order chi connectivity index (χ0) is 18.8. The van der Waals surface area contributed by atoms with Gasteiger partial charge >= 0.3 is 6.09 Å². The summed E-state index contributed by atoms with van der Waals surface area (Å²) in [7, 11) is 0. The van der Waals surface area contributed by atoms with Crippen molar-refractivity contribution in [3.63, 3.8) is 0 Å². The molecule has 5 fully saturated rings. The summed E-state index contributed by atoms with van der Waals surface area (Å²) >= 11 is 1.68. The number of thiazole rings is 1. The third-order valence-electron chi connectivity index (χ3n) is 7.38. The number of carbonyl (C=O) groups is 2. The van der Waals surface area contributed by atoms with E-state index in [9.17, 15) is 9.59 Å². The fourth-order valence-corrected chi connectivity index (χ4v) is 7.28. The minimum absolute atomic E-state index is 0.0392. The fourth-order valence-electron chi connectivity index (χ4n) is 6.35. The molecular formula is C20H27N3O3S. The average Bonchev–Trinajstić information content (AvgIpc) is 3.26. The predicted octanol–water partition coefficient (Wildman–Crippen LogP) is 3.06. The van der Waals surface area contributed by atoms with Crippen LogP contribution >= 0.6 is 11.3 Å². The summed E-state index contributed by atoms with van der Waals surface area (Å²) in [5.41, 5.74) is 6.47. The molecule has 2 heterocycles. The molecule has 1 aliphatic heterocycles. The topological polar surface area (TPSA) is 85.5 Å². The maximum Gasteiger partial charge on any atom is 0.410 e. The van der Waals surface area contributed by atoms with E-state index in [4.69, 9.17) is 10.5 Å². The highest BCUT2D eigenvalue weighted by molar-refractivity contribution is 7.09. The number of primary amides is 1. The zero-order valence-electron chi connectivity index (χ0n) is 15.7. The molecule has 146 valence electrons. The summed E-state index contributed by atoms with van der Waals surface area (Å²) in [4.78, 5) is 31.3. The summed E-state index contributed by atoms with van der Waals surface area (Å²) in [6.07, 6.45) is 5.42. The fraction of sp³-hybridized carbons (Fsp3) is 0.750. The first-order valence-electron chi connectivity index (χ1n) is 10.1. The Morgan fingerprint density at radius 3 is 2.67 bits per heavy atom. The second-order valence-corrected chi connectivity index (χ2v) is 10.1. The molecule has 6 atom stereocenters. The molecular weight excluding hydrogens is 362 g/mol. The van der Waals surface area contributed by atoms with E-state index in [2.05, 4.69) is 10.4 Å². The van der Waals surface area contributed by atoms with Gasteiger partial charge in [0.25, 0.3) is 0 Å². The highest BCUT2D eigenvalue weighted by Crippen LogP contribution is 2.60. The Kier molecular flexibility index (Phi) is 4.00. The molecule has 5 aliphatic rings. The van der Waals surface area contributed by atoms with E-state index in [1.807, 2.05) is 11.8 Å². The van der Waals surface area contributed by atoms with Gasteiger partial charge in [0, 0.05) is 30.1 Å². The minimum Gasteiger partial charge on any atom is -0.446 e. The normalized spacial score (nSPS) is 39.7. The number of hydrogen-bond donors (Lipinski definition) is 1. The molecule has 4 aliphatic carbocycles. The number of aromatic nitrogens is 1. The van der Waals surface area contributed by atoms with Crippen LogP contribution in [0.4, 0.5) is 4.79 Å². The Morgan fingerprint density at radius 1 is 1.30 bits per heavy atom. The van der Waals surface area contributed by atoms with E-state index in [-0.39, 0.29) is 23.5 Å². The number of ether oxygens (including phenoxy) is 1. The summed E-state index contributed by atoms with van der Waals surface area (Å²) in [5.74, 6) is 1.36. The molecule has 2 N–H and O–H groups in total. The van der Waals surface area contributed by atoms with Crippen LogP contribution in [-0.2, 0) is 9.53 Å². The van der Waals surface area contributed by atoms with Crippen LogP contribution in [0.2, 0.25) is 0 Å². The summed E-state index contributed by atoms with van der Waals surface area (Å²) < 4.78 is 6.04. The van der Waals surface area contributed by atoms with Gasteiger partial charge in [0.1, 0.15) is 6.10 Å². The van der Waals surface area contributed by atoms with Gasteiger partial charge in [0.05, 0.1) is 10.4 Å². The van der Waals surface area contributed by atoms with Gasteiger partial charge in [-0.05, 0) is 63.2 Å². The Labute approximate surface area is 163 Å². The van der Waals surface area contributed by atoms with E-state index in [0.29, 0.717) is 30.2 Å². The zero-order valence-corrected chi connectivity index (χ0v) is 16.5. The lowest BCUT2D eigenvalue weighted by molar-refractivity contribution is -0.161. The van der Waals surface area contributed by atoms with E-state index >= 15 is 0 Å². The van der Waals surface area contributed by atoms with Gasteiger partial charge in [-0.2, -0.15) is 0 Å². The van der Waals surface area contributed by atoms with Crippen molar-refractivity contribution in [2.75, 3.05) is 13.1 Å². The van der Waals surface area contributed by atoms with Crippen molar-refractivity contribution in [1.82, 2.24) is 9.88 Å². The van der Waals surface area contributed by atoms with Crippen LogP contribution in [0.15, 0.2) is 5.38 Å². The molecule has 4 bridgehead atoms. The van der Waals surface area contributed by atoms with Gasteiger partial charge < -0.3 is 15.4 Å². The lowest BCUT2D eigenvalue weighted by Crippen LogP contribution is -2.59. The van der Waals surface area contributed by atoms with E-state index in [1.54, 1.807) is 11.3 Å². The molecule has 0 spiro atoms. The molecule has 2 amide bonds. The Bertz CT molecular complexity index is 762. The Balaban J connectivity index is 1.24. The lowest BCUT2D eigenvalue weighted by Gasteiger charge is -2.58. The lowest BCUT2D eigenvalue weighted by atomic mass is 9.48. The number of likely N-dealkylation sites (tertiary alicyclic amines) is 1. The minimum atomic E-state index is -0.332. The SMILES string of the molecule is Cc1csc(C2CCN(C(=O)OC3C4CC5C[C@H]3CC(C(N)=O)(C5)C4)C2)n1. The Hall–Kier alpha value is -1.63. The highest BCUT2D eigenvalue weighted by atomic mass is 32.1. The molecule has 1 aromatic heterocycles. The largest absolute Gasteiger partial charge is 0.446 e. The van der Waals surface area contributed by atoms with Crippen molar-refractivity contribution < 1.29 is 14.3 Å². The first-order chi connectivity index (χ1) is 12.9. The van der Waals surface area contributed by atoms with Crippen LogP contribution in [0.1, 0.15) is 55.1 Å². The number of aryl methyl sites for hydroxylation is 1. The molecule has 0 aromatic carbocycles. The predicted molar refractivity (Wildman–Crippen MR) is 101 cm³/mol. The van der Waals surface area contributed by atoms with Gasteiger partial charge in [-0.3, -0.25) is 4.79 Å². The third kappa shape index (κ3) is 2.85. The number of amides is 2. The molecule has 1 saturated heterocycles. The molecule has 1 aromatic rings. The Morgan fingerprint density at radius 2 is 2.04 bits per heavy atom. The number of nitrogens with zero attached hydrogens (tertiary/aromatic N) is 2. The van der Waals surface area contributed by atoms with Crippen molar-refractivity contribution in [1.29, 1.82) is 0 Å². The van der Waals surface area contributed by atoms with E-state index < -0.39 is 0 Å². The molecule has 5 unspecified atom stereocenters. The number of carbonyl (C=O) groups excluding carboxylic acids is 2. The maximum atomic E-state index is 12.8. The quantitative estimate of drug-likeness (QED) is 0.861. The molecule has 6 rings (SSSR count). The number of nitrogens with two attached hydrogens (primary N) is 1. The first kappa shape index (κ1) is 17.5. The van der Waals surface area contributed by atoms with Gasteiger partial charge in [0.15, 0.2) is 0 Å². The molecule has 0 radical (unpaired) electrons. The van der Waals surface area contributed by atoms with Gasteiger partial charge in [-0.1, -0.05) is 0 Å². The second-order valence-electron chi connectivity index (χ2n) is 9.22. The van der Waals surface area contributed by atoms with Crippen LogP contribution in [0.3, 0.4) is 0 Å². The average molecular weight is 390 g/mol. The molecule has 4 saturated carbocycles. The molecule has 7 heteroatoms. The summed E-state index contributed by atoms with van der Waals surface area (Å²) in [6.45, 7) is 3.44. The van der Waals surface area contributed by atoms with E-state index in [0.717, 1.165) is 55.8 Å². The second kappa shape index (κ2) is 6.19. The smallest absolute Gasteiger partial charge is 0.410 e. The maximum absolute atomic E-state index is 12.8.